The second-order valence-corrected chi connectivity index (χ2v) is 12.9. The van der Waals surface area contributed by atoms with E-state index < -0.39 is 0 Å². The predicted molar refractivity (Wildman–Crippen MR) is 122 cm³/mol. The lowest BCUT2D eigenvalue weighted by Crippen LogP contribution is -2.60. The molecule has 4 saturated carbocycles. The number of aliphatic hydroxyl groups is 1. The summed E-state index contributed by atoms with van der Waals surface area (Å²) in [4.78, 5) is 0. The maximum absolute atomic E-state index is 10.3. The number of rotatable bonds is 5. The van der Waals surface area contributed by atoms with E-state index in [0.29, 0.717) is 22.8 Å². The molecule has 2 heteroatoms. The summed E-state index contributed by atoms with van der Waals surface area (Å²) in [5.41, 5.74) is 7.92. The van der Waals surface area contributed by atoms with Crippen LogP contribution in [0.3, 0.4) is 0 Å². The molecule has 29 heavy (non-hydrogen) atoms. The lowest BCUT2D eigenvalue weighted by atomic mass is 9.43. The first-order valence-corrected chi connectivity index (χ1v) is 13.1. The second kappa shape index (κ2) is 8.12. The molecule has 4 fully saturated rings. The van der Waals surface area contributed by atoms with Crippen molar-refractivity contribution in [3.05, 3.63) is 0 Å². The summed E-state index contributed by atoms with van der Waals surface area (Å²) in [5, 5.41) is 10.3. The molecule has 0 heterocycles. The molecule has 3 N–H and O–H groups in total. The van der Waals surface area contributed by atoms with Crippen molar-refractivity contribution < 1.29 is 5.11 Å². The van der Waals surface area contributed by atoms with Gasteiger partial charge in [-0.3, -0.25) is 0 Å². The second-order valence-electron chi connectivity index (χ2n) is 12.9. The van der Waals surface area contributed by atoms with E-state index in [1.165, 1.54) is 51.4 Å². The van der Waals surface area contributed by atoms with Crippen molar-refractivity contribution in [2.24, 2.45) is 58.0 Å². The van der Waals surface area contributed by atoms with Gasteiger partial charge in [-0.2, -0.15) is 0 Å². The van der Waals surface area contributed by atoms with Gasteiger partial charge >= 0.3 is 0 Å². The highest BCUT2D eigenvalue weighted by molar-refractivity contribution is 5.12. The predicted octanol–water partition coefficient (Wildman–Crippen LogP) is 6.41. The van der Waals surface area contributed by atoms with E-state index in [1.54, 1.807) is 0 Å². The zero-order valence-electron chi connectivity index (χ0n) is 20.0. The Morgan fingerprint density at radius 1 is 0.897 bits per heavy atom. The molecule has 4 aliphatic rings. The summed E-state index contributed by atoms with van der Waals surface area (Å²) in [6, 6.07) is 0.364. The van der Waals surface area contributed by atoms with Gasteiger partial charge in [-0.15, -0.1) is 0 Å². The Balaban J connectivity index is 1.50. The van der Waals surface area contributed by atoms with Crippen molar-refractivity contribution in [1.29, 1.82) is 0 Å². The Labute approximate surface area is 180 Å². The summed E-state index contributed by atoms with van der Waals surface area (Å²) in [7, 11) is 0. The molecule has 2 nitrogen and oxygen atoms in total. The maximum Gasteiger partial charge on any atom is 0.0543 e. The monoisotopic (exact) mass is 403 g/mol. The van der Waals surface area contributed by atoms with Crippen molar-refractivity contribution in [2.75, 3.05) is 0 Å². The number of hydrogen-bond acceptors (Lipinski definition) is 2. The first kappa shape index (κ1) is 22.1. The molecular formula is C27H49NO. The molecule has 168 valence electrons. The third-order valence-electron chi connectivity index (χ3n) is 10.9. The van der Waals surface area contributed by atoms with Crippen LogP contribution in [0.25, 0.3) is 0 Å². The van der Waals surface area contributed by atoms with Crippen LogP contribution < -0.4 is 5.73 Å². The average molecular weight is 404 g/mol. The fourth-order valence-corrected chi connectivity index (χ4v) is 9.32. The molecule has 0 bridgehead atoms. The van der Waals surface area contributed by atoms with E-state index in [9.17, 15) is 5.11 Å². The van der Waals surface area contributed by atoms with Gasteiger partial charge in [0.25, 0.3) is 0 Å². The summed E-state index contributed by atoms with van der Waals surface area (Å²) in [5.74, 6) is 5.65. The molecule has 4 aliphatic carbocycles. The van der Waals surface area contributed by atoms with Crippen molar-refractivity contribution in [1.82, 2.24) is 0 Å². The van der Waals surface area contributed by atoms with Gasteiger partial charge in [-0.25, -0.2) is 0 Å². The van der Waals surface area contributed by atoms with E-state index in [4.69, 9.17) is 5.73 Å². The zero-order valence-corrected chi connectivity index (χ0v) is 20.0. The summed E-state index contributed by atoms with van der Waals surface area (Å²) < 4.78 is 0. The van der Waals surface area contributed by atoms with Gasteiger partial charge < -0.3 is 10.8 Å². The first-order valence-electron chi connectivity index (χ1n) is 13.1. The smallest absolute Gasteiger partial charge is 0.0543 e. The van der Waals surface area contributed by atoms with Gasteiger partial charge in [0, 0.05) is 6.04 Å². The van der Waals surface area contributed by atoms with E-state index in [0.717, 1.165) is 54.8 Å². The van der Waals surface area contributed by atoms with Crippen LogP contribution in [-0.2, 0) is 0 Å². The fourth-order valence-electron chi connectivity index (χ4n) is 9.32. The fraction of sp³-hybridized carbons (Fsp3) is 1.00. The normalized spacial score (nSPS) is 50.7. The van der Waals surface area contributed by atoms with Gasteiger partial charge in [-0.05, 0) is 104 Å². The van der Waals surface area contributed by atoms with Crippen LogP contribution in [0.15, 0.2) is 0 Å². The maximum atomic E-state index is 10.3. The minimum Gasteiger partial charge on any atom is -0.393 e. The zero-order chi connectivity index (χ0) is 21.0. The standard InChI is InChI=1S/C27H49NO/c1-17(2)7-6-8-18(3)21-9-10-22-25-23(12-14-27(21,22)5)26(4)13-11-20(29)15-19(26)16-24(25)28/h17-25,29H,6-16,28H2,1-5H3/t18-,19?,20+,21?,22?,23?,24-,25?,26+,27-/m1/s1. The minimum atomic E-state index is -0.0757. The summed E-state index contributed by atoms with van der Waals surface area (Å²) in [6.07, 6.45) is 14.2. The average Bonchev–Trinajstić information content (AvgIpc) is 3.00. The molecule has 0 aromatic rings. The van der Waals surface area contributed by atoms with Gasteiger partial charge in [0.15, 0.2) is 0 Å². The van der Waals surface area contributed by atoms with Crippen molar-refractivity contribution in [3.8, 4) is 0 Å². The molecule has 0 spiro atoms. The molecule has 4 rings (SSSR count). The number of fused-ring (bicyclic) bond motifs is 5. The highest BCUT2D eigenvalue weighted by atomic mass is 16.3. The highest BCUT2D eigenvalue weighted by Crippen LogP contribution is 2.68. The number of hydrogen-bond donors (Lipinski definition) is 2. The van der Waals surface area contributed by atoms with Crippen molar-refractivity contribution >= 4 is 0 Å². The lowest BCUT2D eigenvalue weighted by molar-refractivity contribution is -0.136. The Morgan fingerprint density at radius 3 is 2.31 bits per heavy atom. The van der Waals surface area contributed by atoms with Crippen LogP contribution in [0.2, 0.25) is 0 Å². The van der Waals surface area contributed by atoms with E-state index in [-0.39, 0.29) is 6.10 Å². The van der Waals surface area contributed by atoms with Crippen molar-refractivity contribution in [2.45, 2.75) is 117 Å². The molecule has 0 aromatic carbocycles. The summed E-state index contributed by atoms with van der Waals surface area (Å²) >= 11 is 0. The highest BCUT2D eigenvalue weighted by Gasteiger charge is 2.62. The van der Waals surface area contributed by atoms with E-state index >= 15 is 0 Å². The lowest BCUT2D eigenvalue weighted by Gasteiger charge is -2.63. The third kappa shape index (κ3) is 3.73. The van der Waals surface area contributed by atoms with E-state index in [1.807, 2.05) is 0 Å². The Bertz CT molecular complexity index is 575. The van der Waals surface area contributed by atoms with Crippen LogP contribution >= 0.6 is 0 Å². The molecule has 10 atom stereocenters. The number of aliphatic hydroxyl groups excluding tert-OH is 1. The quantitative estimate of drug-likeness (QED) is 0.557. The SMILES string of the molecule is CC(C)CCC[C@@H](C)C1CCC2C3C(CC[C@@]21C)[C@@]1(C)CC[C@H](O)CC1C[C@H]3N. The third-order valence-corrected chi connectivity index (χ3v) is 10.9. The molecule has 0 aromatic heterocycles. The molecule has 0 radical (unpaired) electrons. The van der Waals surface area contributed by atoms with Crippen LogP contribution in [0.4, 0.5) is 0 Å². The van der Waals surface area contributed by atoms with Crippen LogP contribution in [0.5, 0.6) is 0 Å². The molecule has 0 amide bonds. The topological polar surface area (TPSA) is 46.2 Å². The molecule has 5 unspecified atom stereocenters. The first-order chi connectivity index (χ1) is 13.7. The van der Waals surface area contributed by atoms with Crippen molar-refractivity contribution in [3.63, 3.8) is 0 Å². The molecular weight excluding hydrogens is 354 g/mol. The largest absolute Gasteiger partial charge is 0.393 e. The van der Waals surface area contributed by atoms with Gasteiger partial charge in [0.1, 0.15) is 0 Å². The summed E-state index contributed by atoms with van der Waals surface area (Å²) in [6.45, 7) is 12.5. The Morgan fingerprint density at radius 2 is 1.59 bits per heavy atom. The Kier molecular flexibility index (Phi) is 6.19. The number of nitrogens with two attached hydrogens (primary N) is 1. The van der Waals surface area contributed by atoms with E-state index in [2.05, 4.69) is 34.6 Å². The van der Waals surface area contributed by atoms with Gasteiger partial charge in [0.05, 0.1) is 6.10 Å². The van der Waals surface area contributed by atoms with Gasteiger partial charge in [-0.1, -0.05) is 53.9 Å². The van der Waals surface area contributed by atoms with Crippen LogP contribution in [0.1, 0.15) is 105 Å². The van der Waals surface area contributed by atoms with Gasteiger partial charge in [0.2, 0.25) is 0 Å². The molecule has 0 aliphatic heterocycles. The Hall–Kier alpha value is -0.0800. The van der Waals surface area contributed by atoms with Crippen LogP contribution in [-0.4, -0.2) is 17.3 Å². The molecule has 0 saturated heterocycles. The minimum absolute atomic E-state index is 0.0757. The van der Waals surface area contributed by atoms with Crippen LogP contribution in [0, 0.1) is 52.3 Å².